The van der Waals surface area contributed by atoms with E-state index < -0.39 is 0 Å². The second-order valence-electron chi connectivity index (χ2n) is 2.68. The van der Waals surface area contributed by atoms with Gasteiger partial charge in [0.15, 0.2) is 0 Å². The number of benzene rings is 1. The first-order chi connectivity index (χ1) is 6.13. The molecule has 1 rings (SSSR count). The zero-order valence-electron chi connectivity index (χ0n) is 7.30. The lowest BCUT2D eigenvalue weighted by atomic mass is 10.2. The normalized spacial score (nSPS) is 9.38. The second kappa shape index (κ2) is 4.23. The fourth-order valence-electron chi connectivity index (χ4n) is 0.905. The standard InChI is InChI=1S/C10H10BrNO/c1-3-10(13)12-9-5-4-7(2)6-8(9)11/h3-6H,1H2,2H3,(H,12,13). The Kier molecular flexibility index (Phi) is 3.25. The van der Waals surface area contributed by atoms with Gasteiger partial charge in [-0.3, -0.25) is 4.79 Å². The van der Waals surface area contributed by atoms with E-state index in [-0.39, 0.29) is 5.91 Å². The summed E-state index contributed by atoms with van der Waals surface area (Å²) in [6.45, 7) is 5.37. The molecule has 0 aliphatic rings. The zero-order chi connectivity index (χ0) is 9.84. The molecule has 0 aromatic heterocycles. The maximum absolute atomic E-state index is 11.0. The number of aryl methyl sites for hydroxylation is 1. The van der Waals surface area contributed by atoms with Crippen LogP contribution in [0.1, 0.15) is 5.56 Å². The Balaban J connectivity index is 2.89. The molecule has 0 saturated carbocycles. The molecule has 1 amide bonds. The first-order valence-electron chi connectivity index (χ1n) is 3.83. The molecule has 2 nitrogen and oxygen atoms in total. The van der Waals surface area contributed by atoms with E-state index in [1.165, 1.54) is 6.08 Å². The first-order valence-corrected chi connectivity index (χ1v) is 4.62. The van der Waals surface area contributed by atoms with E-state index in [0.29, 0.717) is 0 Å². The third kappa shape index (κ3) is 2.70. The van der Waals surface area contributed by atoms with Gasteiger partial charge in [-0.05, 0) is 46.6 Å². The number of rotatable bonds is 2. The lowest BCUT2D eigenvalue weighted by molar-refractivity contribution is -0.111. The minimum atomic E-state index is -0.204. The minimum Gasteiger partial charge on any atom is -0.321 e. The average Bonchev–Trinajstić information content (AvgIpc) is 2.09. The van der Waals surface area contributed by atoms with Crippen molar-refractivity contribution < 1.29 is 4.79 Å². The van der Waals surface area contributed by atoms with Crippen molar-refractivity contribution in [3.63, 3.8) is 0 Å². The van der Waals surface area contributed by atoms with Gasteiger partial charge in [0.2, 0.25) is 5.91 Å². The quantitative estimate of drug-likeness (QED) is 0.791. The van der Waals surface area contributed by atoms with Crippen LogP contribution in [0.2, 0.25) is 0 Å². The summed E-state index contributed by atoms with van der Waals surface area (Å²) < 4.78 is 0.878. The molecule has 13 heavy (non-hydrogen) atoms. The summed E-state index contributed by atoms with van der Waals surface area (Å²) in [5, 5.41) is 2.68. The van der Waals surface area contributed by atoms with Gasteiger partial charge in [-0.1, -0.05) is 12.6 Å². The Bertz CT molecular complexity index is 347. The number of carbonyl (C=O) groups is 1. The fourth-order valence-corrected chi connectivity index (χ4v) is 1.50. The van der Waals surface area contributed by atoms with E-state index in [2.05, 4.69) is 27.8 Å². The molecule has 68 valence electrons. The van der Waals surface area contributed by atoms with Crippen molar-refractivity contribution in [2.45, 2.75) is 6.92 Å². The van der Waals surface area contributed by atoms with E-state index in [0.717, 1.165) is 15.7 Å². The van der Waals surface area contributed by atoms with Crippen LogP contribution in [0.25, 0.3) is 0 Å². The molecule has 1 aromatic rings. The van der Waals surface area contributed by atoms with Gasteiger partial charge in [-0.2, -0.15) is 0 Å². The van der Waals surface area contributed by atoms with Gasteiger partial charge in [0, 0.05) is 4.47 Å². The maximum atomic E-state index is 11.0. The van der Waals surface area contributed by atoms with Crippen molar-refractivity contribution >= 4 is 27.5 Å². The number of hydrogen-bond donors (Lipinski definition) is 1. The van der Waals surface area contributed by atoms with Crippen molar-refractivity contribution in [3.8, 4) is 0 Å². The molecule has 0 spiro atoms. The highest BCUT2D eigenvalue weighted by Crippen LogP contribution is 2.23. The Morgan fingerprint density at radius 1 is 1.62 bits per heavy atom. The third-order valence-corrected chi connectivity index (χ3v) is 2.22. The molecule has 3 heteroatoms. The van der Waals surface area contributed by atoms with Crippen LogP contribution < -0.4 is 5.32 Å². The number of carbonyl (C=O) groups excluding carboxylic acids is 1. The van der Waals surface area contributed by atoms with Crippen LogP contribution in [0.4, 0.5) is 5.69 Å². The lowest BCUT2D eigenvalue weighted by Crippen LogP contribution is -2.07. The fraction of sp³-hybridized carbons (Fsp3) is 0.100. The van der Waals surface area contributed by atoms with E-state index in [1.54, 1.807) is 0 Å². The van der Waals surface area contributed by atoms with Gasteiger partial charge in [-0.25, -0.2) is 0 Å². The molecule has 0 saturated heterocycles. The summed E-state index contributed by atoms with van der Waals surface area (Å²) in [5.74, 6) is -0.204. The Morgan fingerprint density at radius 2 is 2.31 bits per heavy atom. The Hall–Kier alpha value is -1.09. The van der Waals surface area contributed by atoms with E-state index in [9.17, 15) is 4.79 Å². The van der Waals surface area contributed by atoms with Crippen molar-refractivity contribution in [1.82, 2.24) is 0 Å². The predicted molar refractivity (Wildman–Crippen MR) is 57.7 cm³/mol. The van der Waals surface area contributed by atoms with Crippen molar-refractivity contribution in [3.05, 3.63) is 40.9 Å². The lowest BCUT2D eigenvalue weighted by Gasteiger charge is -2.05. The van der Waals surface area contributed by atoms with Crippen LogP contribution >= 0.6 is 15.9 Å². The summed E-state index contributed by atoms with van der Waals surface area (Å²) in [6, 6.07) is 5.73. The van der Waals surface area contributed by atoms with Gasteiger partial charge in [0.05, 0.1) is 5.69 Å². The molecule has 0 radical (unpaired) electrons. The molecule has 0 fully saturated rings. The molecule has 0 heterocycles. The molecule has 0 aliphatic heterocycles. The Labute approximate surface area is 85.8 Å². The number of hydrogen-bond acceptors (Lipinski definition) is 1. The van der Waals surface area contributed by atoms with Gasteiger partial charge in [0.25, 0.3) is 0 Å². The molecule has 0 bridgehead atoms. The summed E-state index contributed by atoms with van der Waals surface area (Å²) in [7, 11) is 0. The highest BCUT2D eigenvalue weighted by Gasteiger charge is 2.01. The maximum Gasteiger partial charge on any atom is 0.247 e. The minimum absolute atomic E-state index is 0.204. The van der Waals surface area contributed by atoms with Gasteiger partial charge in [0.1, 0.15) is 0 Å². The number of amides is 1. The van der Waals surface area contributed by atoms with Crippen molar-refractivity contribution in [2.24, 2.45) is 0 Å². The van der Waals surface area contributed by atoms with Crippen LogP contribution in [0.5, 0.6) is 0 Å². The number of halogens is 1. The van der Waals surface area contributed by atoms with Crippen molar-refractivity contribution in [2.75, 3.05) is 5.32 Å². The monoisotopic (exact) mass is 239 g/mol. The van der Waals surface area contributed by atoms with Gasteiger partial charge in [-0.15, -0.1) is 0 Å². The molecule has 1 N–H and O–H groups in total. The topological polar surface area (TPSA) is 29.1 Å². The summed E-state index contributed by atoms with van der Waals surface area (Å²) in [6.07, 6.45) is 1.24. The molecule has 0 atom stereocenters. The first kappa shape index (κ1) is 9.99. The van der Waals surface area contributed by atoms with Gasteiger partial charge < -0.3 is 5.32 Å². The zero-order valence-corrected chi connectivity index (χ0v) is 8.89. The summed E-state index contributed by atoms with van der Waals surface area (Å²) in [4.78, 5) is 11.0. The highest BCUT2D eigenvalue weighted by molar-refractivity contribution is 9.10. The largest absolute Gasteiger partial charge is 0.321 e. The Morgan fingerprint density at radius 3 is 2.85 bits per heavy atom. The molecule has 1 aromatic carbocycles. The third-order valence-electron chi connectivity index (χ3n) is 1.57. The van der Waals surface area contributed by atoms with Crippen LogP contribution in [-0.2, 0) is 4.79 Å². The number of nitrogens with one attached hydrogen (secondary N) is 1. The molecular weight excluding hydrogens is 230 g/mol. The van der Waals surface area contributed by atoms with Crippen LogP contribution in [0.3, 0.4) is 0 Å². The molecule has 0 unspecified atom stereocenters. The average molecular weight is 240 g/mol. The van der Waals surface area contributed by atoms with Crippen LogP contribution in [0.15, 0.2) is 35.3 Å². The SMILES string of the molecule is C=CC(=O)Nc1ccc(C)cc1Br. The smallest absolute Gasteiger partial charge is 0.247 e. The van der Waals surface area contributed by atoms with E-state index in [4.69, 9.17) is 0 Å². The molecule has 0 aliphatic carbocycles. The van der Waals surface area contributed by atoms with E-state index in [1.807, 2.05) is 25.1 Å². The van der Waals surface area contributed by atoms with Crippen molar-refractivity contribution in [1.29, 1.82) is 0 Å². The predicted octanol–water partition coefficient (Wildman–Crippen LogP) is 2.88. The van der Waals surface area contributed by atoms with E-state index >= 15 is 0 Å². The molecular formula is C10H10BrNO. The second-order valence-corrected chi connectivity index (χ2v) is 3.53. The number of anilines is 1. The summed E-state index contributed by atoms with van der Waals surface area (Å²) in [5.41, 5.74) is 1.90. The van der Waals surface area contributed by atoms with Gasteiger partial charge >= 0.3 is 0 Å². The van der Waals surface area contributed by atoms with Crippen LogP contribution in [-0.4, -0.2) is 5.91 Å². The summed E-state index contributed by atoms with van der Waals surface area (Å²) >= 11 is 3.36. The highest BCUT2D eigenvalue weighted by atomic mass is 79.9. The van der Waals surface area contributed by atoms with Crippen LogP contribution in [0, 0.1) is 6.92 Å².